The Labute approximate surface area is 211 Å². The summed E-state index contributed by atoms with van der Waals surface area (Å²) < 4.78 is 24.8. The average molecular weight is 510 g/mol. The normalized spacial score (nSPS) is 12.7. The van der Waals surface area contributed by atoms with Crippen molar-refractivity contribution in [1.82, 2.24) is 0 Å². The Kier molecular flexibility index (Phi) is 9.69. The smallest absolute Gasteiger partial charge is 0.349 e. The van der Waals surface area contributed by atoms with Gasteiger partial charge in [-0.1, -0.05) is 65.3 Å². The quantitative estimate of drug-likeness (QED) is 0.330. The van der Waals surface area contributed by atoms with Crippen molar-refractivity contribution in [2.45, 2.75) is 72.6 Å². The minimum atomic E-state index is -3.35. The van der Waals surface area contributed by atoms with E-state index < -0.39 is 7.60 Å². The van der Waals surface area contributed by atoms with Gasteiger partial charge in [-0.2, -0.15) is 0 Å². The van der Waals surface area contributed by atoms with Crippen molar-refractivity contribution < 1.29 is 18.7 Å². The van der Waals surface area contributed by atoms with Crippen molar-refractivity contribution in [1.29, 1.82) is 0 Å². The van der Waals surface area contributed by atoms with Crippen LogP contribution in [0.25, 0.3) is 0 Å². The predicted molar refractivity (Wildman–Crippen MR) is 144 cm³/mol. The molecule has 7 heteroatoms. The van der Waals surface area contributed by atoms with Crippen molar-refractivity contribution in [3.05, 3.63) is 58.1 Å². The molecular formula is C27H41ClNO4P. The van der Waals surface area contributed by atoms with E-state index in [-0.39, 0.29) is 17.1 Å². The van der Waals surface area contributed by atoms with Crippen LogP contribution in [-0.2, 0) is 30.9 Å². The van der Waals surface area contributed by atoms with Gasteiger partial charge in [-0.05, 0) is 60.9 Å². The first-order chi connectivity index (χ1) is 15.7. The number of hydrogen-bond donors (Lipinski definition) is 1. The van der Waals surface area contributed by atoms with Crippen molar-refractivity contribution in [2.75, 3.05) is 30.9 Å². The first-order valence-electron chi connectivity index (χ1n) is 12.0. The number of benzene rings is 2. The van der Waals surface area contributed by atoms with Gasteiger partial charge in [0.25, 0.3) is 0 Å². The zero-order valence-electron chi connectivity index (χ0n) is 21.9. The summed E-state index contributed by atoms with van der Waals surface area (Å²) in [5.74, 6) is 0.319. The van der Waals surface area contributed by atoms with Gasteiger partial charge in [0.1, 0.15) is 12.0 Å². The van der Waals surface area contributed by atoms with Gasteiger partial charge < -0.3 is 19.1 Å². The van der Waals surface area contributed by atoms with Crippen LogP contribution in [0.1, 0.15) is 72.1 Å². The maximum Gasteiger partial charge on any atom is 0.349 e. The molecule has 190 valence electrons. The highest BCUT2D eigenvalue weighted by atomic mass is 35.5. The molecular weight excluding hydrogens is 469 g/mol. The molecule has 0 saturated heterocycles. The van der Waals surface area contributed by atoms with Crippen molar-refractivity contribution in [3.8, 4) is 5.75 Å². The molecule has 0 aromatic heterocycles. The second-order valence-corrected chi connectivity index (χ2v) is 13.1. The molecule has 2 aromatic carbocycles. The lowest BCUT2D eigenvalue weighted by Gasteiger charge is -2.33. The van der Waals surface area contributed by atoms with Crippen molar-refractivity contribution in [3.63, 3.8) is 0 Å². The Hall–Kier alpha value is -1.52. The van der Waals surface area contributed by atoms with Crippen LogP contribution in [0, 0.1) is 0 Å². The molecule has 0 spiro atoms. The van der Waals surface area contributed by atoms with Crippen molar-refractivity contribution >= 4 is 24.9 Å². The second kappa shape index (κ2) is 11.5. The summed E-state index contributed by atoms with van der Waals surface area (Å²) >= 11 is 6.06. The number of phenolic OH excluding ortho intramolecular Hbond substituents is 1. The third-order valence-electron chi connectivity index (χ3n) is 5.66. The van der Waals surface area contributed by atoms with E-state index in [1.807, 2.05) is 50.2 Å². The van der Waals surface area contributed by atoms with E-state index in [1.165, 1.54) is 0 Å². The third kappa shape index (κ3) is 7.75. The van der Waals surface area contributed by atoms with E-state index in [0.717, 1.165) is 28.8 Å². The first-order valence-corrected chi connectivity index (χ1v) is 14.1. The van der Waals surface area contributed by atoms with Crippen molar-refractivity contribution in [2.24, 2.45) is 0 Å². The van der Waals surface area contributed by atoms with Crippen LogP contribution < -0.4 is 4.90 Å². The van der Waals surface area contributed by atoms with Crippen LogP contribution in [0.4, 0.5) is 5.69 Å². The monoisotopic (exact) mass is 509 g/mol. The molecule has 5 nitrogen and oxygen atoms in total. The highest BCUT2D eigenvalue weighted by Crippen LogP contribution is 2.50. The molecule has 0 aliphatic carbocycles. The lowest BCUT2D eigenvalue weighted by atomic mass is 9.79. The van der Waals surface area contributed by atoms with Gasteiger partial charge in [0.15, 0.2) is 0 Å². The Morgan fingerprint density at radius 1 is 0.912 bits per heavy atom. The van der Waals surface area contributed by atoms with E-state index >= 15 is 0 Å². The van der Waals surface area contributed by atoms with E-state index in [0.29, 0.717) is 30.5 Å². The van der Waals surface area contributed by atoms with Gasteiger partial charge in [0, 0.05) is 28.4 Å². The zero-order valence-corrected chi connectivity index (χ0v) is 23.6. The summed E-state index contributed by atoms with van der Waals surface area (Å²) in [7, 11) is -3.35. The maximum absolute atomic E-state index is 13.5. The van der Waals surface area contributed by atoms with Gasteiger partial charge >= 0.3 is 7.60 Å². The van der Waals surface area contributed by atoms with Gasteiger partial charge in [0.05, 0.1) is 13.2 Å². The predicted octanol–water partition coefficient (Wildman–Crippen LogP) is 7.91. The summed E-state index contributed by atoms with van der Waals surface area (Å²) in [6, 6.07) is 11.8. The summed E-state index contributed by atoms with van der Waals surface area (Å²) in [5.41, 5.74) is 3.18. The number of aromatic hydroxyl groups is 1. The molecule has 0 fully saturated rings. The average Bonchev–Trinajstić information content (AvgIpc) is 2.71. The highest BCUT2D eigenvalue weighted by molar-refractivity contribution is 7.53. The lowest BCUT2D eigenvalue weighted by Crippen LogP contribution is -2.29. The number of halogens is 1. The van der Waals surface area contributed by atoms with E-state index in [1.54, 1.807) is 0 Å². The standard InChI is InChI=1S/C27H41ClNO4P/c1-9-32-34(31,33-10-2)19-29(16-15-20-11-13-21(28)14-12-20)22-17-23(26(3,4)5)25(30)24(18-22)27(6,7)8/h11-14,17-18,30H,9-10,15-16,19H2,1-8H3. The Morgan fingerprint density at radius 2 is 1.38 bits per heavy atom. The number of rotatable bonds is 10. The van der Waals surface area contributed by atoms with E-state index in [2.05, 4.69) is 46.4 Å². The molecule has 0 amide bonds. The van der Waals surface area contributed by atoms with Crippen LogP contribution in [0.5, 0.6) is 5.75 Å². The molecule has 0 saturated carbocycles. The Balaban J connectivity index is 2.59. The molecule has 2 aromatic rings. The molecule has 0 aliphatic heterocycles. The van der Waals surface area contributed by atoms with Gasteiger partial charge in [-0.15, -0.1) is 0 Å². The molecule has 2 rings (SSSR count). The number of nitrogens with zero attached hydrogens (tertiary/aromatic N) is 1. The Morgan fingerprint density at radius 3 is 1.79 bits per heavy atom. The largest absolute Gasteiger partial charge is 0.507 e. The lowest BCUT2D eigenvalue weighted by molar-refractivity contribution is 0.220. The molecule has 1 N–H and O–H groups in total. The molecule has 0 atom stereocenters. The van der Waals surface area contributed by atoms with Crippen LogP contribution in [0.3, 0.4) is 0 Å². The fraction of sp³-hybridized carbons (Fsp3) is 0.556. The van der Waals surface area contributed by atoms with Crippen LogP contribution in [0.2, 0.25) is 5.02 Å². The molecule has 0 aliphatic rings. The highest BCUT2D eigenvalue weighted by Gasteiger charge is 2.31. The molecule has 0 unspecified atom stereocenters. The fourth-order valence-electron chi connectivity index (χ4n) is 3.86. The first kappa shape index (κ1) is 28.7. The third-order valence-corrected chi connectivity index (χ3v) is 7.90. The molecule has 34 heavy (non-hydrogen) atoms. The minimum Gasteiger partial charge on any atom is -0.507 e. The summed E-state index contributed by atoms with van der Waals surface area (Å²) in [6.45, 7) is 17.4. The number of anilines is 1. The maximum atomic E-state index is 13.5. The van der Waals surface area contributed by atoms with Gasteiger partial charge in [-0.25, -0.2) is 0 Å². The molecule has 0 radical (unpaired) electrons. The number of hydrogen-bond acceptors (Lipinski definition) is 5. The fourth-order valence-corrected chi connectivity index (χ4v) is 5.74. The summed E-state index contributed by atoms with van der Waals surface area (Å²) in [4.78, 5) is 2.06. The van der Waals surface area contributed by atoms with Crippen LogP contribution in [0.15, 0.2) is 36.4 Å². The van der Waals surface area contributed by atoms with Crippen LogP contribution in [-0.4, -0.2) is 31.2 Å². The molecule has 0 heterocycles. The number of phenols is 1. The summed E-state index contributed by atoms with van der Waals surface area (Å²) in [5, 5.41) is 11.9. The summed E-state index contributed by atoms with van der Waals surface area (Å²) in [6.07, 6.45) is 0.853. The van der Waals surface area contributed by atoms with Crippen LogP contribution >= 0.6 is 19.2 Å². The van der Waals surface area contributed by atoms with E-state index in [9.17, 15) is 9.67 Å². The van der Waals surface area contributed by atoms with Gasteiger partial charge in [-0.3, -0.25) is 4.57 Å². The second-order valence-electron chi connectivity index (χ2n) is 10.6. The minimum absolute atomic E-state index is 0.125. The Bertz CT molecular complexity index is 948. The SMILES string of the molecule is CCOP(=O)(CN(CCc1ccc(Cl)cc1)c1cc(C(C)(C)C)c(O)c(C(C)(C)C)c1)OCC. The zero-order chi connectivity index (χ0) is 25.7. The van der Waals surface area contributed by atoms with Gasteiger partial charge in [0.2, 0.25) is 0 Å². The molecule has 0 bridgehead atoms. The topological polar surface area (TPSA) is 59.0 Å². The van der Waals surface area contributed by atoms with E-state index in [4.69, 9.17) is 20.6 Å².